The van der Waals surface area contributed by atoms with Crippen molar-refractivity contribution in [3.63, 3.8) is 0 Å². The van der Waals surface area contributed by atoms with Crippen LogP contribution in [-0.2, 0) is 23.4 Å². The minimum absolute atomic E-state index is 0.0941. The molecule has 13 nitrogen and oxygen atoms in total. The van der Waals surface area contributed by atoms with E-state index in [0.29, 0.717) is 16.7 Å². The number of esters is 1. The molecule has 0 bridgehead atoms. The summed E-state index contributed by atoms with van der Waals surface area (Å²) in [6.45, 7) is 3.36. The van der Waals surface area contributed by atoms with Crippen molar-refractivity contribution in [3.8, 4) is 23.8 Å². The lowest BCUT2D eigenvalue weighted by atomic mass is 9.98. The van der Waals surface area contributed by atoms with Crippen LogP contribution in [0.4, 0.5) is 10.2 Å². The minimum atomic E-state index is -4.39. The molecule has 0 radical (unpaired) electrons. The Kier molecular flexibility index (Phi) is 8.31. The highest BCUT2D eigenvalue weighted by molar-refractivity contribution is 7.52. The number of hydrogen-bond donors (Lipinski definition) is 3. The minimum Gasteiger partial charge on any atom is -0.497 e. The number of carbonyl (C=O) groups excluding carboxylic acids is 1. The summed E-state index contributed by atoms with van der Waals surface area (Å²) in [5.41, 5.74) is 2.56. The molecule has 2 aromatic heterocycles. The molecule has 1 saturated heterocycles. The topological polar surface area (TPSA) is 169 Å². The maximum absolute atomic E-state index is 16.0. The van der Waals surface area contributed by atoms with Gasteiger partial charge in [0.1, 0.15) is 47.0 Å². The van der Waals surface area contributed by atoms with E-state index in [2.05, 4.69) is 21.0 Å². The third-order valence-corrected chi connectivity index (χ3v) is 8.34. The van der Waals surface area contributed by atoms with Crippen LogP contribution in [0.3, 0.4) is 0 Å². The highest BCUT2D eigenvalue weighted by Gasteiger charge is 2.56. The Hall–Kier alpha value is -3.73. The molecule has 3 heterocycles. The van der Waals surface area contributed by atoms with Crippen LogP contribution in [0.1, 0.15) is 32.6 Å². The smallest absolute Gasteiger partial charge is 0.459 e. The van der Waals surface area contributed by atoms with Crippen molar-refractivity contribution in [3.05, 3.63) is 42.4 Å². The first-order valence-electron chi connectivity index (χ1n) is 12.3. The van der Waals surface area contributed by atoms with Crippen LogP contribution in [0.5, 0.6) is 11.5 Å². The molecule has 0 spiro atoms. The van der Waals surface area contributed by atoms with Gasteiger partial charge in [-0.3, -0.25) is 9.32 Å². The number of aromatic nitrogens is 3. The maximum atomic E-state index is 16.0. The second-order valence-electron chi connectivity index (χ2n) is 9.96. The molecule has 0 saturated carbocycles. The number of ether oxygens (including phenoxy) is 3. The number of fused-ring (bicyclic) bond motifs is 1. The van der Waals surface area contributed by atoms with Crippen molar-refractivity contribution >= 4 is 30.6 Å². The number of nitrogens with one attached hydrogen (secondary N) is 1. The fourth-order valence-electron chi connectivity index (χ4n) is 4.42. The summed E-state index contributed by atoms with van der Waals surface area (Å²) in [6.07, 6.45) is 3.71. The van der Waals surface area contributed by atoms with Gasteiger partial charge < -0.3 is 34.1 Å². The average molecular weight is 592 g/mol. The molecule has 220 valence electrons. The van der Waals surface area contributed by atoms with E-state index in [4.69, 9.17) is 35.4 Å². The van der Waals surface area contributed by atoms with E-state index < -0.39 is 50.0 Å². The zero-order valence-corrected chi connectivity index (χ0v) is 23.9. The number of aliphatic hydroxyl groups is 1. The molecule has 3 aromatic rings. The predicted molar refractivity (Wildman–Crippen MR) is 146 cm³/mol. The first-order chi connectivity index (χ1) is 19.3. The molecule has 1 unspecified atom stereocenters. The highest BCUT2D eigenvalue weighted by Crippen LogP contribution is 2.49. The van der Waals surface area contributed by atoms with Crippen molar-refractivity contribution in [1.29, 1.82) is 0 Å². The first kappa shape index (κ1) is 30.2. The normalized spacial score (nSPS) is 24.0. The second kappa shape index (κ2) is 11.3. The summed E-state index contributed by atoms with van der Waals surface area (Å²) in [5, 5.41) is 13.8. The monoisotopic (exact) mass is 591 g/mol. The van der Waals surface area contributed by atoms with Gasteiger partial charge in [0.25, 0.3) is 0 Å². The molecule has 4 rings (SSSR count). The van der Waals surface area contributed by atoms with Crippen LogP contribution in [0.25, 0.3) is 11.0 Å². The molecule has 1 fully saturated rings. The molecular weight excluding hydrogens is 560 g/mol. The van der Waals surface area contributed by atoms with Crippen LogP contribution in [0.15, 0.2) is 36.8 Å². The van der Waals surface area contributed by atoms with Crippen LogP contribution in [-0.4, -0.2) is 69.9 Å². The Labute approximate surface area is 235 Å². The van der Waals surface area contributed by atoms with E-state index in [1.807, 2.05) is 0 Å². The number of rotatable bonds is 10. The van der Waals surface area contributed by atoms with Crippen LogP contribution in [0.2, 0.25) is 0 Å². The fourth-order valence-corrected chi connectivity index (χ4v) is 6.10. The number of alkyl halides is 1. The Morgan fingerprint density at radius 3 is 2.59 bits per heavy atom. The number of nitrogen functional groups attached to an aromatic ring is 1. The van der Waals surface area contributed by atoms with E-state index in [0.717, 1.165) is 6.92 Å². The fraction of sp³-hybridized carbons (Fsp3) is 0.423. The van der Waals surface area contributed by atoms with Gasteiger partial charge in [-0.2, -0.15) is 5.09 Å². The summed E-state index contributed by atoms with van der Waals surface area (Å²) in [5.74, 6) is 2.43. The third kappa shape index (κ3) is 5.86. The van der Waals surface area contributed by atoms with E-state index in [-0.39, 0.29) is 17.2 Å². The number of carbonyl (C=O) groups is 1. The SMILES string of the molecule is C#Cc1cn([C@@H]2O[C@H](COP(=O)(NC(C)(C)C(=O)OC)Oc3ccc(OC)cc3)[C@@H](O)[C@@]2(C)F)c2ncnc(N)c12. The van der Waals surface area contributed by atoms with E-state index in [9.17, 15) is 14.5 Å². The number of anilines is 1. The Bertz CT molecular complexity index is 1520. The van der Waals surface area contributed by atoms with Crippen molar-refractivity contribution in [2.24, 2.45) is 0 Å². The lowest BCUT2D eigenvalue weighted by Gasteiger charge is -2.29. The summed E-state index contributed by atoms with van der Waals surface area (Å²) in [7, 11) is -1.74. The second-order valence-corrected chi connectivity index (χ2v) is 11.6. The van der Waals surface area contributed by atoms with Gasteiger partial charge in [-0.25, -0.2) is 18.9 Å². The molecular formula is C26H31FN5O8P. The lowest BCUT2D eigenvalue weighted by Crippen LogP contribution is -2.47. The number of hydrogen-bond acceptors (Lipinski definition) is 11. The molecule has 0 amide bonds. The van der Waals surface area contributed by atoms with Crippen molar-refractivity contribution < 1.29 is 42.1 Å². The van der Waals surface area contributed by atoms with Gasteiger partial charge in [0.15, 0.2) is 11.9 Å². The van der Waals surface area contributed by atoms with Crippen molar-refractivity contribution in [2.75, 3.05) is 26.6 Å². The Morgan fingerprint density at radius 1 is 1.32 bits per heavy atom. The van der Waals surface area contributed by atoms with Crippen LogP contribution < -0.4 is 20.1 Å². The highest BCUT2D eigenvalue weighted by atomic mass is 31.2. The third-order valence-electron chi connectivity index (χ3n) is 6.57. The number of terminal acetylenes is 1. The average Bonchev–Trinajstić information content (AvgIpc) is 3.41. The number of nitrogens with two attached hydrogens (primary N) is 1. The Balaban J connectivity index is 1.61. The van der Waals surface area contributed by atoms with Gasteiger partial charge in [-0.1, -0.05) is 5.92 Å². The number of nitrogens with zero attached hydrogens (tertiary/aromatic N) is 3. The number of halogens is 1. The number of aliphatic hydroxyl groups excluding tert-OH is 1. The van der Waals surface area contributed by atoms with Gasteiger partial charge in [-0.15, -0.1) is 6.42 Å². The summed E-state index contributed by atoms with van der Waals surface area (Å²) >= 11 is 0. The van der Waals surface area contributed by atoms with Gasteiger partial charge in [0.2, 0.25) is 0 Å². The van der Waals surface area contributed by atoms with Crippen molar-refractivity contribution in [2.45, 2.75) is 50.4 Å². The van der Waals surface area contributed by atoms with Crippen LogP contribution >= 0.6 is 7.75 Å². The molecule has 1 aromatic carbocycles. The van der Waals surface area contributed by atoms with Gasteiger partial charge in [0, 0.05) is 6.20 Å². The molecule has 15 heteroatoms. The lowest BCUT2D eigenvalue weighted by molar-refractivity contribution is -0.146. The number of methoxy groups -OCH3 is 2. The molecule has 1 aliphatic heterocycles. The van der Waals surface area contributed by atoms with Gasteiger partial charge >= 0.3 is 13.7 Å². The largest absolute Gasteiger partial charge is 0.497 e. The predicted octanol–water partition coefficient (Wildman–Crippen LogP) is 2.73. The maximum Gasteiger partial charge on any atom is 0.459 e. The van der Waals surface area contributed by atoms with E-state index >= 15 is 4.39 Å². The first-order valence-corrected chi connectivity index (χ1v) is 13.9. The van der Waals surface area contributed by atoms with Crippen molar-refractivity contribution in [1.82, 2.24) is 19.6 Å². The zero-order valence-electron chi connectivity index (χ0n) is 23.0. The Morgan fingerprint density at radius 2 is 1.98 bits per heavy atom. The zero-order chi connectivity index (χ0) is 30.2. The molecule has 1 aliphatic rings. The molecule has 4 N–H and O–H groups in total. The molecule has 41 heavy (non-hydrogen) atoms. The summed E-state index contributed by atoms with van der Waals surface area (Å²) in [4.78, 5) is 20.4. The van der Waals surface area contributed by atoms with Crippen LogP contribution in [0, 0.1) is 12.3 Å². The van der Waals surface area contributed by atoms with E-state index in [1.165, 1.54) is 57.3 Å². The molecule has 5 atom stereocenters. The quantitative estimate of drug-likeness (QED) is 0.179. The molecule has 0 aliphatic carbocycles. The summed E-state index contributed by atoms with van der Waals surface area (Å²) < 4.78 is 58.3. The van der Waals surface area contributed by atoms with Gasteiger partial charge in [-0.05, 0) is 45.0 Å². The standard InChI is InChI=1S/C26H31FN5O8P/c1-7-15-12-32(22-19(15)21(28)29-14-30-22)23-26(4,27)20(33)18(39-23)13-38-41(35,31-25(2,3)24(34)37-6)40-17-10-8-16(36-5)9-11-17/h1,8-12,14,18,20,23,33H,13H2,2-6H3,(H,31,35)(H2,28,29,30)/t18-,20-,23-,26-,41?/m1/s1. The number of benzene rings is 1. The van der Waals surface area contributed by atoms with E-state index in [1.54, 1.807) is 12.1 Å². The van der Waals surface area contributed by atoms with Gasteiger partial charge in [0.05, 0.1) is 31.8 Å². The summed E-state index contributed by atoms with van der Waals surface area (Å²) in [6, 6.07) is 6.09.